The molecule has 4 rings (SSSR count). The van der Waals surface area contributed by atoms with E-state index in [1.165, 1.54) is 21.6 Å². The van der Waals surface area contributed by atoms with Crippen LogP contribution in [0.15, 0.2) is 29.2 Å². The van der Waals surface area contributed by atoms with Gasteiger partial charge in [-0.05, 0) is 50.0 Å². The fraction of sp³-hybridized carbons (Fsp3) is 0.591. The summed E-state index contributed by atoms with van der Waals surface area (Å²) in [7, 11) is -3.08. The van der Waals surface area contributed by atoms with Gasteiger partial charge in [-0.2, -0.15) is 0 Å². The summed E-state index contributed by atoms with van der Waals surface area (Å²) in [6.07, 6.45) is 6.78. The van der Waals surface area contributed by atoms with Gasteiger partial charge < -0.3 is 5.32 Å². The maximum Gasteiger partial charge on any atom is 0.208 e. The number of benzene rings is 1. The smallest absolute Gasteiger partial charge is 0.208 e. The highest BCUT2D eigenvalue weighted by atomic mass is 32.2. The predicted molar refractivity (Wildman–Crippen MR) is 130 cm³/mol. The number of hydrogen-bond donors (Lipinski definition) is 2. The Morgan fingerprint density at radius 1 is 1.07 bits per heavy atom. The van der Waals surface area contributed by atoms with E-state index in [1.807, 2.05) is 25.6 Å². The van der Waals surface area contributed by atoms with Crippen molar-refractivity contribution >= 4 is 38.3 Å². The van der Waals surface area contributed by atoms with Crippen LogP contribution in [0.5, 0.6) is 0 Å². The second-order valence-corrected chi connectivity index (χ2v) is 11.8. The molecular formula is C22H33N3O2S3. The number of aromatic nitrogens is 1. The Labute approximate surface area is 189 Å². The number of nitrogens with one attached hydrogen (secondary N) is 2. The van der Waals surface area contributed by atoms with Crippen molar-refractivity contribution in [3.63, 3.8) is 0 Å². The van der Waals surface area contributed by atoms with Gasteiger partial charge in [-0.1, -0.05) is 32.0 Å². The van der Waals surface area contributed by atoms with E-state index in [2.05, 4.69) is 34.3 Å². The molecule has 8 heteroatoms. The van der Waals surface area contributed by atoms with E-state index in [0.717, 1.165) is 55.2 Å². The van der Waals surface area contributed by atoms with Crippen molar-refractivity contribution in [3.8, 4) is 11.3 Å². The molecule has 30 heavy (non-hydrogen) atoms. The summed E-state index contributed by atoms with van der Waals surface area (Å²) in [5, 5.41) is 4.62. The normalized spacial score (nSPS) is 20.9. The fourth-order valence-corrected chi connectivity index (χ4v) is 6.66. The van der Waals surface area contributed by atoms with Gasteiger partial charge in [0.25, 0.3) is 0 Å². The molecular weight excluding hydrogens is 434 g/mol. The maximum absolute atomic E-state index is 11.3. The molecule has 5 nitrogen and oxygen atoms in total. The van der Waals surface area contributed by atoms with E-state index in [1.54, 1.807) is 11.3 Å². The second-order valence-electron chi connectivity index (χ2n) is 7.77. The number of nitrogens with zero attached hydrogens (tertiary/aromatic N) is 1. The van der Waals surface area contributed by atoms with Gasteiger partial charge in [0.1, 0.15) is 0 Å². The summed E-state index contributed by atoms with van der Waals surface area (Å²) >= 11 is 3.72. The molecule has 1 fully saturated rings. The number of rotatable bonds is 6. The lowest BCUT2D eigenvalue weighted by molar-refractivity contribution is 0.284. The zero-order valence-corrected chi connectivity index (χ0v) is 20.6. The van der Waals surface area contributed by atoms with E-state index < -0.39 is 10.0 Å². The molecule has 1 saturated carbocycles. The van der Waals surface area contributed by atoms with Gasteiger partial charge in [-0.3, -0.25) is 0 Å². The highest BCUT2D eigenvalue weighted by Gasteiger charge is 2.23. The van der Waals surface area contributed by atoms with Crippen LogP contribution in [0, 0.1) is 11.8 Å². The van der Waals surface area contributed by atoms with Crippen LogP contribution in [0.25, 0.3) is 11.3 Å². The summed E-state index contributed by atoms with van der Waals surface area (Å²) in [6.45, 7) is 5.53. The first-order chi connectivity index (χ1) is 14.5. The van der Waals surface area contributed by atoms with Gasteiger partial charge in [0.05, 0.1) is 11.9 Å². The van der Waals surface area contributed by atoms with Crippen molar-refractivity contribution in [2.45, 2.75) is 50.8 Å². The molecule has 1 aromatic carbocycles. The summed E-state index contributed by atoms with van der Waals surface area (Å²) in [4.78, 5) is 7.64. The molecule has 2 N–H and O–H groups in total. The zero-order chi connectivity index (χ0) is 21.6. The Kier molecular flexibility index (Phi) is 8.62. The first-order valence-electron chi connectivity index (χ1n) is 10.9. The minimum Gasteiger partial charge on any atom is -0.361 e. The molecule has 0 radical (unpaired) electrons. The summed E-state index contributed by atoms with van der Waals surface area (Å²) in [5.74, 6) is 2.22. The average Bonchev–Trinajstić information content (AvgIpc) is 3.08. The average molecular weight is 468 g/mol. The van der Waals surface area contributed by atoms with E-state index in [4.69, 9.17) is 4.98 Å². The molecule has 0 saturated heterocycles. The molecule has 1 aliphatic heterocycles. The van der Waals surface area contributed by atoms with Crippen LogP contribution in [0.1, 0.15) is 44.4 Å². The van der Waals surface area contributed by atoms with Crippen molar-refractivity contribution < 1.29 is 8.42 Å². The minimum absolute atomic E-state index is 0.468. The lowest BCUT2D eigenvalue weighted by atomic mass is 9.82. The lowest BCUT2D eigenvalue weighted by Crippen LogP contribution is -2.31. The van der Waals surface area contributed by atoms with Gasteiger partial charge in [-0.25, -0.2) is 18.1 Å². The summed E-state index contributed by atoms with van der Waals surface area (Å²) < 4.78 is 25.2. The number of fused-ring (bicyclic) bond motifs is 3. The SMILES string of the molecule is CC.CS(=O)(=O)NCC1CCC(CNc2nc3c(s2)CCSc2ccccc2-3)CC1. The summed E-state index contributed by atoms with van der Waals surface area (Å²) in [5.41, 5.74) is 2.42. The molecule has 0 unspecified atom stereocenters. The van der Waals surface area contributed by atoms with Crippen LogP contribution in [0.2, 0.25) is 0 Å². The number of aryl methyl sites for hydroxylation is 1. The summed E-state index contributed by atoms with van der Waals surface area (Å²) in [6, 6.07) is 8.57. The van der Waals surface area contributed by atoms with Crippen LogP contribution in [0.4, 0.5) is 5.13 Å². The number of hydrogen-bond acceptors (Lipinski definition) is 6. The molecule has 2 aromatic rings. The Morgan fingerprint density at radius 3 is 2.43 bits per heavy atom. The molecule has 0 atom stereocenters. The number of thioether (sulfide) groups is 1. The van der Waals surface area contributed by atoms with Crippen molar-refractivity contribution in [3.05, 3.63) is 29.1 Å². The molecule has 0 amide bonds. The number of thiazole rings is 1. The fourth-order valence-electron chi connectivity index (χ4n) is 3.99. The molecule has 1 aliphatic carbocycles. The largest absolute Gasteiger partial charge is 0.361 e. The predicted octanol–water partition coefficient (Wildman–Crippen LogP) is 5.25. The van der Waals surface area contributed by atoms with Gasteiger partial charge in [0.15, 0.2) is 5.13 Å². The highest BCUT2D eigenvalue weighted by molar-refractivity contribution is 7.99. The van der Waals surface area contributed by atoms with Crippen LogP contribution in [-0.4, -0.2) is 38.5 Å². The van der Waals surface area contributed by atoms with Crippen LogP contribution in [0.3, 0.4) is 0 Å². The van der Waals surface area contributed by atoms with Crippen LogP contribution >= 0.6 is 23.1 Å². The van der Waals surface area contributed by atoms with Crippen molar-refractivity contribution in [1.82, 2.24) is 9.71 Å². The molecule has 0 spiro atoms. The Morgan fingerprint density at radius 2 is 1.73 bits per heavy atom. The Hall–Kier alpha value is -1.09. The third kappa shape index (κ3) is 6.45. The Bertz CT molecular complexity index is 919. The standard InChI is InChI=1S/C20H27N3O2S3.C2H6/c1-28(24,25)22-13-15-8-6-14(7-9-15)12-21-20-23-19-16-4-2-3-5-17(16)26-11-10-18(19)27-20;1-2/h2-5,14-15,22H,6-13H2,1H3,(H,21,23);1-2H3. The molecule has 1 aromatic heterocycles. The second kappa shape index (κ2) is 11.0. The topological polar surface area (TPSA) is 71.1 Å². The van der Waals surface area contributed by atoms with Crippen LogP contribution < -0.4 is 10.0 Å². The third-order valence-electron chi connectivity index (χ3n) is 5.57. The number of anilines is 1. The van der Waals surface area contributed by atoms with Crippen molar-refractivity contribution in [2.75, 3.05) is 30.4 Å². The van der Waals surface area contributed by atoms with Gasteiger partial charge >= 0.3 is 0 Å². The zero-order valence-electron chi connectivity index (χ0n) is 18.1. The molecule has 2 aliphatic rings. The molecule has 0 bridgehead atoms. The Balaban J connectivity index is 0.00000124. The van der Waals surface area contributed by atoms with E-state index >= 15 is 0 Å². The number of sulfonamides is 1. The van der Waals surface area contributed by atoms with Gasteiger partial charge in [-0.15, -0.1) is 23.1 Å². The van der Waals surface area contributed by atoms with Crippen molar-refractivity contribution in [1.29, 1.82) is 0 Å². The minimum atomic E-state index is -3.08. The quantitative estimate of drug-likeness (QED) is 0.607. The highest BCUT2D eigenvalue weighted by Crippen LogP contribution is 2.40. The van der Waals surface area contributed by atoms with Crippen molar-refractivity contribution in [2.24, 2.45) is 11.8 Å². The van der Waals surface area contributed by atoms with Gasteiger partial charge in [0.2, 0.25) is 10.0 Å². The van der Waals surface area contributed by atoms with Gasteiger partial charge in [0, 0.05) is 34.2 Å². The van der Waals surface area contributed by atoms with E-state index in [0.29, 0.717) is 18.4 Å². The first-order valence-corrected chi connectivity index (χ1v) is 14.6. The lowest BCUT2D eigenvalue weighted by Gasteiger charge is -2.28. The van der Waals surface area contributed by atoms with Crippen LogP contribution in [-0.2, 0) is 16.4 Å². The maximum atomic E-state index is 11.3. The molecule has 166 valence electrons. The first kappa shape index (κ1) is 23.6. The van der Waals surface area contributed by atoms with E-state index in [9.17, 15) is 8.42 Å². The van der Waals surface area contributed by atoms with E-state index in [-0.39, 0.29) is 0 Å². The molecule has 2 heterocycles. The monoisotopic (exact) mass is 467 g/mol. The third-order valence-corrected chi connectivity index (χ3v) is 8.41.